The van der Waals surface area contributed by atoms with Gasteiger partial charge in [-0.2, -0.15) is 0 Å². The van der Waals surface area contributed by atoms with Gasteiger partial charge in [0.1, 0.15) is 40.8 Å². The van der Waals surface area contributed by atoms with Crippen LogP contribution in [0.15, 0.2) is 47.3 Å². The Bertz CT molecular complexity index is 1420. The molecule has 5 heterocycles. The van der Waals surface area contributed by atoms with E-state index in [0.29, 0.717) is 34.8 Å². The van der Waals surface area contributed by atoms with Crippen molar-refractivity contribution in [3.63, 3.8) is 0 Å². The highest BCUT2D eigenvalue weighted by molar-refractivity contribution is 9.10. The minimum atomic E-state index is -1.15. The highest BCUT2D eigenvalue weighted by Crippen LogP contribution is 2.45. The third-order valence-corrected chi connectivity index (χ3v) is 7.84. The van der Waals surface area contributed by atoms with Crippen LogP contribution in [0, 0.1) is 0 Å². The van der Waals surface area contributed by atoms with Crippen molar-refractivity contribution in [1.82, 2.24) is 19.5 Å². The van der Waals surface area contributed by atoms with Gasteiger partial charge in [-0.25, -0.2) is 15.0 Å². The molecule has 1 aromatic carbocycles. The van der Waals surface area contributed by atoms with Crippen molar-refractivity contribution >= 4 is 55.3 Å². The van der Waals surface area contributed by atoms with E-state index in [0.717, 1.165) is 20.9 Å². The predicted molar refractivity (Wildman–Crippen MR) is 129 cm³/mol. The molecule has 1 spiro atoms. The zero-order valence-corrected chi connectivity index (χ0v) is 20.1. The van der Waals surface area contributed by atoms with Gasteiger partial charge in [0.25, 0.3) is 0 Å². The van der Waals surface area contributed by atoms with Crippen LogP contribution in [0.5, 0.6) is 0 Å². The quantitative estimate of drug-likeness (QED) is 0.335. The number of pyridine rings is 1. The zero-order valence-electron chi connectivity index (χ0n) is 17.8. The minimum absolute atomic E-state index is 0.174. The van der Waals surface area contributed by atoms with E-state index in [-0.39, 0.29) is 12.7 Å². The number of ether oxygens (including phenoxy) is 2. The van der Waals surface area contributed by atoms with Crippen LogP contribution in [0.2, 0.25) is 5.15 Å². The maximum absolute atomic E-state index is 11.0. The van der Waals surface area contributed by atoms with Crippen molar-refractivity contribution in [3.8, 4) is 0 Å². The Morgan fingerprint density at radius 2 is 2.09 bits per heavy atom. The van der Waals surface area contributed by atoms with Gasteiger partial charge in [0.05, 0.1) is 28.1 Å². The molecule has 4 N–H and O–H groups in total. The van der Waals surface area contributed by atoms with E-state index < -0.39 is 24.0 Å². The number of aliphatic hydroxyl groups excluding tert-OH is 2. The molecule has 2 fully saturated rings. The summed E-state index contributed by atoms with van der Waals surface area (Å²) < 4.78 is 14.8. The summed E-state index contributed by atoms with van der Waals surface area (Å²) in [5, 5.41) is 23.9. The lowest BCUT2D eigenvalue weighted by Crippen LogP contribution is -2.43. The maximum atomic E-state index is 11.0. The highest BCUT2D eigenvalue weighted by Gasteiger charge is 2.58. The Labute approximate surface area is 207 Å². The molecule has 2 aliphatic rings. The number of nitrogens with two attached hydrogens (primary N) is 1. The number of benzene rings is 1. The van der Waals surface area contributed by atoms with Gasteiger partial charge in [0.15, 0.2) is 6.23 Å². The third-order valence-electron chi connectivity index (χ3n) is 6.72. The van der Waals surface area contributed by atoms with Crippen LogP contribution in [0.3, 0.4) is 0 Å². The average Bonchev–Trinajstić information content (AvgIpc) is 3.49. The second-order valence-corrected chi connectivity index (χ2v) is 10.1. The zero-order chi connectivity index (χ0) is 23.6. The van der Waals surface area contributed by atoms with Gasteiger partial charge in [-0.15, -0.1) is 0 Å². The van der Waals surface area contributed by atoms with E-state index in [1.807, 2.05) is 24.3 Å². The fourth-order valence-corrected chi connectivity index (χ4v) is 5.48. The summed E-state index contributed by atoms with van der Waals surface area (Å²) in [6.07, 6.45) is 0.852. The number of fused-ring (bicyclic) bond motifs is 2. The number of nitrogens with zero attached hydrogens (tertiary/aromatic N) is 4. The first-order chi connectivity index (χ1) is 16.3. The van der Waals surface area contributed by atoms with E-state index in [1.165, 1.54) is 6.33 Å². The smallest absolute Gasteiger partial charge is 0.164 e. The van der Waals surface area contributed by atoms with Crippen LogP contribution in [0.1, 0.15) is 18.2 Å². The largest absolute Gasteiger partial charge is 0.387 e. The van der Waals surface area contributed by atoms with Crippen molar-refractivity contribution in [2.24, 2.45) is 0 Å². The lowest BCUT2D eigenvalue weighted by molar-refractivity contribution is -0.103. The Morgan fingerprint density at radius 3 is 2.94 bits per heavy atom. The van der Waals surface area contributed by atoms with Crippen LogP contribution >= 0.6 is 27.5 Å². The number of halogens is 2. The predicted octanol–water partition coefficient (Wildman–Crippen LogP) is 3.00. The number of aromatic nitrogens is 4. The Kier molecular flexibility index (Phi) is 5.28. The number of anilines is 1. The molecule has 2 aliphatic heterocycles. The van der Waals surface area contributed by atoms with E-state index in [1.54, 1.807) is 16.8 Å². The first kappa shape index (κ1) is 22.1. The van der Waals surface area contributed by atoms with Crippen LogP contribution < -0.4 is 5.73 Å². The molecule has 34 heavy (non-hydrogen) atoms. The molecule has 0 radical (unpaired) electrons. The summed E-state index contributed by atoms with van der Waals surface area (Å²) in [6, 6.07) is 9.71. The van der Waals surface area contributed by atoms with Gasteiger partial charge < -0.3 is 30.0 Å². The lowest BCUT2D eigenvalue weighted by Gasteiger charge is -2.25. The molecule has 11 heteroatoms. The molecule has 5 atom stereocenters. The van der Waals surface area contributed by atoms with Gasteiger partial charge in [-0.1, -0.05) is 23.7 Å². The molecule has 176 valence electrons. The number of hydrogen-bond donors (Lipinski definition) is 3. The molecule has 3 aromatic heterocycles. The summed E-state index contributed by atoms with van der Waals surface area (Å²) >= 11 is 9.55. The third kappa shape index (κ3) is 3.48. The number of aliphatic hydroxyl groups is 2. The summed E-state index contributed by atoms with van der Waals surface area (Å²) in [4.78, 5) is 12.7. The first-order valence-electron chi connectivity index (χ1n) is 10.8. The lowest BCUT2D eigenvalue weighted by atomic mass is 9.90. The summed E-state index contributed by atoms with van der Waals surface area (Å²) in [7, 11) is 0. The number of nitrogen functional groups attached to an aromatic ring is 1. The van der Waals surface area contributed by atoms with Crippen molar-refractivity contribution in [1.29, 1.82) is 0 Å². The molecule has 2 saturated heterocycles. The van der Waals surface area contributed by atoms with E-state index in [4.69, 9.17) is 26.8 Å². The first-order valence-corrected chi connectivity index (χ1v) is 12.0. The minimum Gasteiger partial charge on any atom is -0.387 e. The Hall–Kier alpha value is -2.34. The van der Waals surface area contributed by atoms with Gasteiger partial charge in [0, 0.05) is 18.0 Å². The topological polar surface area (TPSA) is 129 Å². The molecule has 0 bridgehead atoms. The van der Waals surface area contributed by atoms with Crippen molar-refractivity contribution in [2.75, 3.05) is 12.3 Å². The second kappa shape index (κ2) is 8.11. The molecule has 0 saturated carbocycles. The van der Waals surface area contributed by atoms with Gasteiger partial charge in [-0.3, -0.25) is 0 Å². The number of rotatable bonds is 3. The standard InChI is InChI=1S/C23H21BrClN5O4/c24-15-7-12-2-1-11(6-16(12)29-19(15)25)5-13-8-23(9-33-13)18(32)17(31)22(34-23)30-4-3-14-20(26)27-10-28-21(14)30/h1-4,6-7,10,13,17-18,22,31-32H,5,8-9H2,(H2,26,27,28). The Balaban J connectivity index is 1.23. The molecule has 0 aliphatic carbocycles. The Morgan fingerprint density at radius 1 is 1.24 bits per heavy atom. The van der Waals surface area contributed by atoms with Gasteiger partial charge >= 0.3 is 0 Å². The molecule has 9 nitrogen and oxygen atoms in total. The summed E-state index contributed by atoms with van der Waals surface area (Å²) in [5.41, 5.74) is 7.28. The van der Waals surface area contributed by atoms with Crippen molar-refractivity contribution < 1.29 is 19.7 Å². The van der Waals surface area contributed by atoms with Gasteiger partial charge in [0.2, 0.25) is 0 Å². The molecule has 0 amide bonds. The van der Waals surface area contributed by atoms with E-state index in [9.17, 15) is 10.2 Å². The summed E-state index contributed by atoms with van der Waals surface area (Å²) in [6.45, 7) is 0.174. The van der Waals surface area contributed by atoms with Gasteiger partial charge in [-0.05, 0) is 46.1 Å². The van der Waals surface area contributed by atoms with Crippen LogP contribution in [0.25, 0.3) is 21.9 Å². The van der Waals surface area contributed by atoms with Crippen LogP contribution in [-0.4, -0.2) is 60.3 Å². The second-order valence-electron chi connectivity index (χ2n) is 8.86. The normalized spacial score (nSPS) is 29.1. The molecule has 4 aromatic rings. The van der Waals surface area contributed by atoms with Crippen molar-refractivity contribution in [3.05, 3.63) is 58.0 Å². The van der Waals surface area contributed by atoms with Crippen molar-refractivity contribution in [2.45, 2.75) is 43.0 Å². The maximum Gasteiger partial charge on any atom is 0.164 e. The van der Waals surface area contributed by atoms with Crippen LogP contribution in [0.4, 0.5) is 5.82 Å². The fraction of sp³-hybridized carbons (Fsp3) is 0.348. The number of hydrogen-bond acceptors (Lipinski definition) is 8. The van der Waals surface area contributed by atoms with E-state index in [2.05, 4.69) is 30.9 Å². The molecule has 6 rings (SSSR count). The average molecular weight is 547 g/mol. The monoisotopic (exact) mass is 545 g/mol. The van der Waals surface area contributed by atoms with Crippen LogP contribution in [-0.2, 0) is 15.9 Å². The summed E-state index contributed by atoms with van der Waals surface area (Å²) in [5.74, 6) is 0.342. The molecular formula is C23H21BrClN5O4. The SMILES string of the molecule is Nc1ncnc2c1ccn2C1OC2(COC(Cc3ccc4cc(Br)c(Cl)nc4c3)C2)C(O)C1O. The molecule has 5 unspecified atom stereocenters. The van der Waals surface area contributed by atoms with E-state index >= 15 is 0 Å². The fourth-order valence-electron chi connectivity index (χ4n) is 5.00. The highest BCUT2D eigenvalue weighted by atomic mass is 79.9. The molecular weight excluding hydrogens is 526 g/mol.